The highest BCUT2D eigenvalue weighted by molar-refractivity contribution is 5.80. The molecular weight excluding hydrogens is 302 g/mol. The van der Waals surface area contributed by atoms with Crippen molar-refractivity contribution in [2.75, 3.05) is 12.0 Å². The minimum atomic E-state index is 0.213. The summed E-state index contributed by atoms with van der Waals surface area (Å²) in [7, 11) is 1.63. The quantitative estimate of drug-likeness (QED) is 0.694. The van der Waals surface area contributed by atoms with Gasteiger partial charge in [-0.05, 0) is 72.8 Å². The molecule has 24 heavy (non-hydrogen) atoms. The van der Waals surface area contributed by atoms with Crippen molar-refractivity contribution in [3.8, 4) is 11.5 Å². The van der Waals surface area contributed by atoms with Crippen LogP contribution in [0, 0.1) is 0 Å². The monoisotopic (exact) mass is 319 g/mol. The van der Waals surface area contributed by atoms with Gasteiger partial charge in [0.25, 0.3) is 0 Å². The van der Waals surface area contributed by atoms with Crippen LogP contribution in [0.25, 0.3) is 0 Å². The second-order valence-corrected chi connectivity index (χ2v) is 5.26. The molecule has 0 amide bonds. The van der Waals surface area contributed by atoms with Crippen molar-refractivity contribution in [3.05, 3.63) is 78.4 Å². The molecular formula is C20H17NO3. The molecule has 0 spiro atoms. The van der Waals surface area contributed by atoms with Gasteiger partial charge in [-0.25, -0.2) is 0 Å². The summed E-state index contributed by atoms with van der Waals surface area (Å²) in [4.78, 5) is 12.9. The molecule has 0 heterocycles. The van der Waals surface area contributed by atoms with Crippen molar-refractivity contribution in [3.63, 3.8) is 0 Å². The van der Waals surface area contributed by atoms with Gasteiger partial charge in [0.05, 0.1) is 7.11 Å². The summed E-state index contributed by atoms with van der Waals surface area (Å²) in [6.45, 7) is 0. The molecule has 0 radical (unpaired) electrons. The number of anilines is 3. The maximum Gasteiger partial charge on any atom is 0.150 e. The van der Waals surface area contributed by atoms with Crippen LogP contribution in [-0.4, -0.2) is 18.5 Å². The van der Waals surface area contributed by atoms with Crippen LogP contribution in [0.3, 0.4) is 0 Å². The van der Waals surface area contributed by atoms with Gasteiger partial charge in [0.2, 0.25) is 0 Å². The second kappa shape index (κ2) is 6.87. The molecule has 0 bridgehead atoms. The second-order valence-electron chi connectivity index (χ2n) is 5.26. The number of carbonyl (C=O) groups excluding carboxylic acids is 1. The molecule has 0 aliphatic heterocycles. The highest BCUT2D eigenvalue weighted by Gasteiger charge is 2.12. The fourth-order valence-corrected chi connectivity index (χ4v) is 2.48. The Kier molecular flexibility index (Phi) is 4.47. The van der Waals surface area contributed by atoms with E-state index in [9.17, 15) is 9.90 Å². The Morgan fingerprint density at radius 3 is 1.71 bits per heavy atom. The number of phenolic OH excluding ortho intramolecular Hbond substituents is 1. The lowest BCUT2D eigenvalue weighted by Crippen LogP contribution is -2.09. The van der Waals surface area contributed by atoms with E-state index in [1.54, 1.807) is 31.4 Å². The predicted octanol–water partition coefficient (Wildman–Crippen LogP) is 4.68. The van der Waals surface area contributed by atoms with Crippen molar-refractivity contribution in [2.24, 2.45) is 0 Å². The normalized spacial score (nSPS) is 10.2. The number of nitrogens with zero attached hydrogens (tertiary/aromatic N) is 1. The first-order chi connectivity index (χ1) is 11.7. The number of ether oxygens (including phenoxy) is 1. The number of hydrogen-bond donors (Lipinski definition) is 1. The van der Waals surface area contributed by atoms with Crippen molar-refractivity contribution in [1.82, 2.24) is 0 Å². The third-order valence-corrected chi connectivity index (χ3v) is 3.73. The van der Waals surface area contributed by atoms with Gasteiger partial charge in [-0.1, -0.05) is 0 Å². The van der Waals surface area contributed by atoms with Crippen molar-refractivity contribution >= 4 is 23.3 Å². The van der Waals surface area contributed by atoms with E-state index in [4.69, 9.17) is 4.74 Å². The van der Waals surface area contributed by atoms with E-state index in [0.717, 1.165) is 29.1 Å². The van der Waals surface area contributed by atoms with Crippen LogP contribution in [-0.2, 0) is 0 Å². The Morgan fingerprint density at radius 2 is 1.25 bits per heavy atom. The van der Waals surface area contributed by atoms with E-state index in [-0.39, 0.29) is 5.75 Å². The lowest BCUT2D eigenvalue weighted by atomic mass is 10.1. The first kappa shape index (κ1) is 15.6. The van der Waals surface area contributed by atoms with Crippen LogP contribution in [0.5, 0.6) is 11.5 Å². The minimum absolute atomic E-state index is 0.213. The van der Waals surface area contributed by atoms with Crippen LogP contribution >= 0.6 is 0 Å². The van der Waals surface area contributed by atoms with Gasteiger partial charge in [-0.2, -0.15) is 0 Å². The Labute approximate surface area is 140 Å². The van der Waals surface area contributed by atoms with E-state index < -0.39 is 0 Å². The Morgan fingerprint density at radius 1 is 0.792 bits per heavy atom. The maximum atomic E-state index is 10.9. The molecule has 4 heteroatoms. The van der Waals surface area contributed by atoms with Gasteiger partial charge in [-0.3, -0.25) is 4.79 Å². The Bertz CT molecular complexity index is 809. The molecule has 0 atom stereocenters. The lowest BCUT2D eigenvalue weighted by molar-refractivity contribution is 0.112. The maximum absolute atomic E-state index is 10.9. The van der Waals surface area contributed by atoms with Gasteiger partial charge >= 0.3 is 0 Å². The zero-order valence-electron chi connectivity index (χ0n) is 13.2. The number of hydrogen-bond acceptors (Lipinski definition) is 4. The summed E-state index contributed by atoms with van der Waals surface area (Å²) in [6.07, 6.45) is 0.821. The molecule has 0 aliphatic rings. The number of phenols is 1. The third-order valence-electron chi connectivity index (χ3n) is 3.73. The smallest absolute Gasteiger partial charge is 0.150 e. The average Bonchev–Trinajstić information content (AvgIpc) is 2.64. The number of carbonyl (C=O) groups is 1. The van der Waals surface area contributed by atoms with E-state index in [1.807, 2.05) is 53.4 Å². The van der Waals surface area contributed by atoms with Crippen LogP contribution in [0.2, 0.25) is 0 Å². The first-order valence-corrected chi connectivity index (χ1v) is 7.50. The SMILES string of the molecule is COc1ccc(N(c2ccc(O)cc2)c2ccc(C=O)cc2)cc1. The van der Waals surface area contributed by atoms with E-state index in [0.29, 0.717) is 5.56 Å². The van der Waals surface area contributed by atoms with Crippen LogP contribution in [0.4, 0.5) is 17.1 Å². The summed E-state index contributed by atoms with van der Waals surface area (Å²) in [6, 6.07) is 22.0. The minimum Gasteiger partial charge on any atom is -0.508 e. The molecule has 1 N–H and O–H groups in total. The highest BCUT2D eigenvalue weighted by Crippen LogP contribution is 2.35. The van der Waals surface area contributed by atoms with Crippen molar-refractivity contribution < 1.29 is 14.6 Å². The van der Waals surface area contributed by atoms with Crippen molar-refractivity contribution in [1.29, 1.82) is 0 Å². The molecule has 3 aromatic carbocycles. The largest absolute Gasteiger partial charge is 0.508 e. The van der Waals surface area contributed by atoms with Gasteiger partial charge < -0.3 is 14.7 Å². The molecule has 0 unspecified atom stereocenters. The lowest BCUT2D eigenvalue weighted by Gasteiger charge is -2.25. The zero-order valence-corrected chi connectivity index (χ0v) is 13.2. The Hall–Kier alpha value is -3.27. The van der Waals surface area contributed by atoms with Gasteiger partial charge in [0.15, 0.2) is 0 Å². The summed E-state index contributed by atoms with van der Waals surface area (Å²) >= 11 is 0. The highest BCUT2D eigenvalue weighted by atomic mass is 16.5. The van der Waals surface area contributed by atoms with Crippen molar-refractivity contribution in [2.45, 2.75) is 0 Å². The third kappa shape index (κ3) is 3.22. The summed E-state index contributed by atoms with van der Waals surface area (Å²) < 4.78 is 5.22. The average molecular weight is 319 g/mol. The molecule has 0 saturated heterocycles. The van der Waals surface area contributed by atoms with Gasteiger partial charge in [0, 0.05) is 22.6 Å². The van der Waals surface area contributed by atoms with Gasteiger partial charge in [-0.15, -0.1) is 0 Å². The zero-order chi connectivity index (χ0) is 16.9. The van der Waals surface area contributed by atoms with Crippen LogP contribution in [0.15, 0.2) is 72.8 Å². The van der Waals surface area contributed by atoms with Gasteiger partial charge in [0.1, 0.15) is 17.8 Å². The number of rotatable bonds is 5. The summed E-state index contributed by atoms with van der Waals surface area (Å²) in [5.74, 6) is 0.991. The number of aromatic hydroxyl groups is 1. The van der Waals surface area contributed by atoms with E-state index >= 15 is 0 Å². The Balaban J connectivity index is 2.07. The molecule has 3 rings (SSSR count). The number of aldehydes is 1. The fraction of sp³-hybridized carbons (Fsp3) is 0.0500. The summed E-state index contributed by atoms with van der Waals surface area (Å²) in [5.41, 5.74) is 3.38. The predicted molar refractivity (Wildman–Crippen MR) is 94.7 cm³/mol. The molecule has 0 aromatic heterocycles. The molecule has 0 fully saturated rings. The standard InChI is InChI=1S/C20H17NO3/c1-24-20-12-8-18(9-13-20)21(17-6-10-19(23)11-7-17)16-4-2-15(14-22)3-5-16/h2-14,23H,1H3. The molecule has 3 aromatic rings. The van der Waals surface area contributed by atoms with E-state index in [1.165, 1.54) is 0 Å². The number of benzene rings is 3. The topological polar surface area (TPSA) is 49.8 Å². The summed E-state index contributed by atoms with van der Waals surface area (Å²) in [5, 5.41) is 9.54. The number of methoxy groups -OCH3 is 1. The first-order valence-electron chi connectivity index (χ1n) is 7.50. The van der Waals surface area contributed by atoms with Crippen LogP contribution in [0.1, 0.15) is 10.4 Å². The molecule has 0 aliphatic carbocycles. The molecule has 120 valence electrons. The molecule has 4 nitrogen and oxygen atoms in total. The molecule has 0 saturated carbocycles. The fourth-order valence-electron chi connectivity index (χ4n) is 2.48. The van der Waals surface area contributed by atoms with Crippen LogP contribution < -0.4 is 9.64 Å². The van der Waals surface area contributed by atoms with E-state index in [2.05, 4.69) is 0 Å².